The minimum absolute atomic E-state index is 0.174. The van der Waals surface area contributed by atoms with Crippen molar-refractivity contribution < 1.29 is 4.79 Å². The van der Waals surface area contributed by atoms with Gasteiger partial charge in [0.1, 0.15) is 5.01 Å². The molecule has 0 aromatic carbocycles. The van der Waals surface area contributed by atoms with Crippen LogP contribution in [0.25, 0.3) is 10.6 Å². The van der Waals surface area contributed by atoms with Gasteiger partial charge in [-0.25, -0.2) is 4.98 Å². The number of amides is 1. The topological polar surface area (TPSA) is 33.2 Å². The maximum Gasteiger partial charge on any atom is 0.229 e. The van der Waals surface area contributed by atoms with Crippen molar-refractivity contribution in [3.05, 3.63) is 49.8 Å². The lowest BCUT2D eigenvalue weighted by molar-refractivity contribution is -0.133. The molecule has 0 aliphatic carbocycles. The highest BCUT2D eigenvalue weighted by molar-refractivity contribution is 7.14. The van der Waals surface area contributed by atoms with Crippen molar-refractivity contribution in [2.45, 2.75) is 25.8 Å². The van der Waals surface area contributed by atoms with Crippen LogP contribution in [0.1, 0.15) is 29.1 Å². The highest BCUT2D eigenvalue weighted by Crippen LogP contribution is 2.33. The first-order valence-electron chi connectivity index (χ1n) is 7.55. The Morgan fingerprint density at radius 2 is 2.22 bits per heavy atom. The quantitative estimate of drug-likeness (QED) is 0.683. The highest BCUT2D eigenvalue weighted by atomic mass is 32.1. The molecule has 1 aliphatic rings. The van der Waals surface area contributed by atoms with E-state index in [1.807, 2.05) is 10.3 Å². The van der Waals surface area contributed by atoms with Crippen LogP contribution in [0.15, 0.2) is 33.7 Å². The van der Waals surface area contributed by atoms with Crippen LogP contribution in [0.4, 0.5) is 0 Å². The summed E-state index contributed by atoms with van der Waals surface area (Å²) >= 11 is 5.08. The van der Waals surface area contributed by atoms with Crippen LogP contribution in [0.5, 0.6) is 0 Å². The van der Waals surface area contributed by atoms with Crippen molar-refractivity contribution in [2.75, 3.05) is 6.54 Å². The van der Waals surface area contributed by atoms with Gasteiger partial charge in [-0.1, -0.05) is 0 Å². The summed E-state index contributed by atoms with van der Waals surface area (Å²) in [5.74, 6) is 0.177. The molecular formula is C17H16N2OS3. The molecule has 0 radical (unpaired) electrons. The van der Waals surface area contributed by atoms with E-state index in [1.165, 1.54) is 10.4 Å². The van der Waals surface area contributed by atoms with Gasteiger partial charge in [-0.05, 0) is 41.8 Å². The summed E-state index contributed by atoms with van der Waals surface area (Å²) in [7, 11) is 0. The first-order chi connectivity index (χ1) is 11.2. The van der Waals surface area contributed by atoms with Crippen molar-refractivity contribution in [1.29, 1.82) is 0 Å². The van der Waals surface area contributed by atoms with Crippen LogP contribution in [0.3, 0.4) is 0 Å². The predicted octanol–water partition coefficient (Wildman–Crippen LogP) is 4.62. The molecular weight excluding hydrogens is 344 g/mol. The summed E-state index contributed by atoms with van der Waals surface area (Å²) in [5, 5.41) is 9.28. The lowest BCUT2D eigenvalue weighted by Crippen LogP contribution is -2.39. The van der Waals surface area contributed by atoms with Crippen molar-refractivity contribution in [2.24, 2.45) is 0 Å². The van der Waals surface area contributed by atoms with Gasteiger partial charge in [0, 0.05) is 27.7 Å². The minimum atomic E-state index is 0.174. The van der Waals surface area contributed by atoms with E-state index < -0.39 is 0 Å². The van der Waals surface area contributed by atoms with Crippen molar-refractivity contribution in [1.82, 2.24) is 9.88 Å². The number of thiophene rings is 2. The van der Waals surface area contributed by atoms with Gasteiger partial charge in [-0.15, -0.1) is 22.7 Å². The fourth-order valence-electron chi connectivity index (χ4n) is 3.01. The number of hydrogen-bond acceptors (Lipinski definition) is 5. The number of aromatic nitrogens is 1. The molecule has 0 fully saturated rings. The van der Waals surface area contributed by atoms with Crippen LogP contribution >= 0.6 is 34.0 Å². The fourth-order valence-corrected chi connectivity index (χ4v) is 5.51. The Morgan fingerprint density at radius 1 is 1.30 bits per heavy atom. The SMILES string of the molecule is CC1c2ccsc2CCN1C(=O)Cc1csc(-c2ccsc2)n1. The number of hydrogen-bond donors (Lipinski definition) is 0. The Bertz CT molecular complexity index is 819. The first kappa shape index (κ1) is 15.1. The molecule has 0 spiro atoms. The van der Waals surface area contributed by atoms with Crippen LogP contribution < -0.4 is 0 Å². The van der Waals surface area contributed by atoms with E-state index in [0.29, 0.717) is 6.42 Å². The molecule has 0 saturated heterocycles. The monoisotopic (exact) mass is 360 g/mol. The summed E-state index contributed by atoms with van der Waals surface area (Å²) in [5.41, 5.74) is 3.34. The van der Waals surface area contributed by atoms with Crippen molar-refractivity contribution >= 4 is 39.9 Å². The van der Waals surface area contributed by atoms with Gasteiger partial charge in [0.05, 0.1) is 18.2 Å². The second-order valence-electron chi connectivity index (χ2n) is 5.65. The van der Waals surface area contributed by atoms with Crippen LogP contribution in [-0.4, -0.2) is 22.3 Å². The zero-order chi connectivity index (χ0) is 15.8. The fraction of sp³-hybridized carbons (Fsp3) is 0.294. The molecule has 1 atom stereocenters. The predicted molar refractivity (Wildman–Crippen MR) is 97.3 cm³/mol. The lowest BCUT2D eigenvalue weighted by Gasteiger charge is -2.33. The molecule has 1 amide bonds. The number of nitrogens with zero attached hydrogens (tertiary/aromatic N) is 2. The second-order valence-corrected chi connectivity index (χ2v) is 8.28. The van der Waals surface area contributed by atoms with E-state index in [9.17, 15) is 4.79 Å². The number of rotatable bonds is 3. The summed E-state index contributed by atoms with van der Waals surface area (Å²) in [6, 6.07) is 4.40. The van der Waals surface area contributed by atoms with E-state index in [2.05, 4.69) is 40.2 Å². The Kier molecular flexibility index (Phi) is 4.05. The maximum absolute atomic E-state index is 12.7. The van der Waals surface area contributed by atoms with Crippen LogP contribution in [0.2, 0.25) is 0 Å². The highest BCUT2D eigenvalue weighted by Gasteiger charge is 2.28. The number of fused-ring (bicyclic) bond motifs is 1. The van der Waals surface area contributed by atoms with Crippen molar-refractivity contribution in [3.63, 3.8) is 0 Å². The normalized spacial score (nSPS) is 17.3. The molecule has 0 saturated carbocycles. The van der Waals surface area contributed by atoms with E-state index in [1.54, 1.807) is 34.0 Å². The zero-order valence-electron chi connectivity index (χ0n) is 12.7. The second kappa shape index (κ2) is 6.19. The summed E-state index contributed by atoms with van der Waals surface area (Å²) in [4.78, 5) is 20.8. The van der Waals surface area contributed by atoms with E-state index in [4.69, 9.17) is 0 Å². The number of carbonyl (C=O) groups excluding carboxylic acids is 1. The van der Waals surface area contributed by atoms with Gasteiger partial charge in [0.2, 0.25) is 5.91 Å². The first-order valence-corrected chi connectivity index (χ1v) is 10.3. The van der Waals surface area contributed by atoms with Gasteiger partial charge in [-0.2, -0.15) is 11.3 Å². The summed E-state index contributed by atoms with van der Waals surface area (Å²) in [6.45, 7) is 2.94. The molecule has 1 unspecified atom stereocenters. The molecule has 4 heterocycles. The molecule has 6 heteroatoms. The third-order valence-electron chi connectivity index (χ3n) is 4.25. The summed E-state index contributed by atoms with van der Waals surface area (Å²) in [6.07, 6.45) is 1.37. The van der Waals surface area contributed by atoms with Crippen LogP contribution in [-0.2, 0) is 17.6 Å². The van der Waals surface area contributed by atoms with Gasteiger partial charge in [0.25, 0.3) is 0 Å². The average molecular weight is 361 g/mol. The van der Waals surface area contributed by atoms with Crippen molar-refractivity contribution in [3.8, 4) is 10.6 Å². The smallest absolute Gasteiger partial charge is 0.229 e. The Hall–Kier alpha value is -1.50. The summed E-state index contributed by atoms with van der Waals surface area (Å²) < 4.78 is 0. The van der Waals surface area contributed by atoms with Gasteiger partial charge in [-0.3, -0.25) is 4.79 Å². The zero-order valence-corrected chi connectivity index (χ0v) is 15.1. The Balaban J connectivity index is 1.48. The van der Waals surface area contributed by atoms with Crippen LogP contribution in [0, 0.1) is 0 Å². The van der Waals surface area contributed by atoms with E-state index in [-0.39, 0.29) is 11.9 Å². The third-order valence-corrected chi connectivity index (χ3v) is 6.87. The molecule has 118 valence electrons. The molecule has 23 heavy (non-hydrogen) atoms. The van der Waals surface area contributed by atoms with E-state index >= 15 is 0 Å². The van der Waals surface area contributed by atoms with E-state index in [0.717, 1.165) is 29.2 Å². The molecule has 3 aromatic heterocycles. The third kappa shape index (κ3) is 2.86. The molecule has 3 nitrogen and oxygen atoms in total. The molecule has 4 rings (SSSR count). The molecule has 0 bridgehead atoms. The minimum Gasteiger partial charge on any atom is -0.335 e. The number of carbonyl (C=O) groups is 1. The lowest BCUT2D eigenvalue weighted by atomic mass is 10.0. The Labute approximate surface area is 147 Å². The maximum atomic E-state index is 12.7. The standard InChI is InChI=1S/C17H16N2OS3/c1-11-14-4-7-22-15(14)2-5-19(11)16(20)8-13-10-23-17(18-13)12-3-6-21-9-12/h3-4,6-7,9-11H,2,5,8H2,1H3. The molecule has 1 aliphatic heterocycles. The van der Waals surface area contributed by atoms with Gasteiger partial charge in [0.15, 0.2) is 0 Å². The molecule has 3 aromatic rings. The number of thiazole rings is 1. The molecule has 0 N–H and O–H groups in total. The van der Waals surface area contributed by atoms with Gasteiger partial charge < -0.3 is 4.90 Å². The average Bonchev–Trinajstić information content (AvgIpc) is 3.28. The Morgan fingerprint density at radius 3 is 3.04 bits per heavy atom. The largest absolute Gasteiger partial charge is 0.335 e. The van der Waals surface area contributed by atoms with Gasteiger partial charge >= 0.3 is 0 Å².